The number of anilines is 1. The molecule has 0 aliphatic heterocycles. The number of sulfonamides is 1. The number of aliphatic hydroxyl groups excluding tert-OH is 1. The molecular weight excluding hydrogens is 228 g/mol. The molecule has 0 aromatic heterocycles. The Labute approximate surface area is 95.5 Å². The number of nitrogens with zero attached hydrogens (tertiary/aromatic N) is 1. The first-order valence-corrected chi connectivity index (χ1v) is 6.28. The van der Waals surface area contributed by atoms with Crippen molar-refractivity contribution in [2.24, 2.45) is 0 Å². The predicted octanol–water partition coefficient (Wildman–Crippen LogP) is 0.270. The van der Waals surface area contributed by atoms with E-state index in [1.807, 2.05) is 0 Å². The molecule has 6 heteroatoms. The van der Waals surface area contributed by atoms with Crippen molar-refractivity contribution in [3.8, 4) is 0 Å². The van der Waals surface area contributed by atoms with Gasteiger partial charge in [-0.25, -0.2) is 8.42 Å². The number of nitrogens with two attached hydrogens (primary N) is 1. The Balaban J connectivity index is 3.17. The number of hydrogen-bond acceptors (Lipinski definition) is 4. The Kier molecular flexibility index (Phi) is 3.90. The van der Waals surface area contributed by atoms with Crippen LogP contribution in [0.2, 0.25) is 0 Å². The van der Waals surface area contributed by atoms with Gasteiger partial charge in [-0.2, -0.15) is 4.31 Å². The predicted molar refractivity (Wildman–Crippen MR) is 62.4 cm³/mol. The molecule has 0 aliphatic rings. The van der Waals surface area contributed by atoms with Crippen LogP contribution in [0.3, 0.4) is 0 Å². The first-order chi connectivity index (χ1) is 7.41. The van der Waals surface area contributed by atoms with Crippen LogP contribution < -0.4 is 5.73 Å². The second-order valence-electron chi connectivity index (χ2n) is 3.59. The summed E-state index contributed by atoms with van der Waals surface area (Å²) in [6.07, 6.45) is 0. The highest BCUT2D eigenvalue weighted by Crippen LogP contribution is 2.21. The van der Waals surface area contributed by atoms with E-state index in [0.717, 1.165) is 4.31 Å². The molecule has 3 N–H and O–H groups in total. The maximum Gasteiger partial charge on any atom is 0.245 e. The molecule has 0 saturated heterocycles. The smallest absolute Gasteiger partial charge is 0.245 e. The van der Waals surface area contributed by atoms with Crippen molar-refractivity contribution < 1.29 is 13.5 Å². The second kappa shape index (κ2) is 4.82. The van der Waals surface area contributed by atoms with Gasteiger partial charge in [0.25, 0.3) is 0 Å². The van der Waals surface area contributed by atoms with Crippen LogP contribution in [0.1, 0.15) is 6.92 Å². The van der Waals surface area contributed by atoms with Gasteiger partial charge in [-0.3, -0.25) is 0 Å². The number of hydrogen-bond donors (Lipinski definition) is 2. The molecule has 5 nitrogen and oxygen atoms in total. The zero-order chi connectivity index (χ0) is 12.3. The largest absolute Gasteiger partial charge is 0.398 e. The van der Waals surface area contributed by atoms with Crippen molar-refractivity contribution in [2.45, 2.75) is 17.9 Å². The van der Waals surface area contributed by atoms with Crippen molar-refractivity contribution in [3.05, 3.63) is 24.3 Å². The van der Waals surface area contributed by atoms with Crippen LogP contribution >= 0.6 is 0 Å². The van der Waals surface area contributed by atoms with E-state index >= 15 is 0 Å². The highest BCUT2D eigenvalue weighted by atomic mass is 32.2. The van der Waals surface area contributed by atoms with E-state index in [9.17, 15) is 8.42 Å². The fraction of sp³-hybridized carbons (Fsp3) is 0.400. The lowest BCUT2D eigenvalue weighted by Gasteiger charge is -2.23. The first-order valence-electron chi connectivity index (χ1n) is 4.84. The summed E-state index contributed by atoms with van der Waals surface area (Å²) < 4.78 is 25.3. The minimum Gasteiger partial charge on any atom is -0.398 e. The molecule has 0 bridgehead atoms. The van der Waals surface area contributed by atoms with E-state index in [2.05, 4.69) is 0 Å². The third-order valence-electron chi connectivity index (χ3n) is 2.46. The second-order valence-corrected chi connectivity index (χ2v) is 5.56. The van der Waals surface area contributed by atoms with Gasteiger partial charge in [0.05, 0.1) is 12.3 Å². The molecule has 1 rings (SSSR count). The fourth-order valence-electron chi connectivity index (χ4n) is 1.22. The Bertz CT molecular complexity index is 459. The van der Waals surface area contributed by atoms with Crippen molar-refractivity contribution in [1.29, 1.82) is 0 Å². The maximum atomic E-state index is 12.1. The minimum absolute atomic E-state index is 0.0674. The molecule has 0 saturated carbocycles. The number of likely N-dealkylation sites (N-methyl/N-ethyl adjacent to an activating group) is 1. The normalized spacial score (nSPS) is 14.0. The van der Waals surface area contributed by atoms with E-state index in [-0.39, 0.29) is 17.2 Å². The van der Waals surface area contributed by atoms with Gasteiger partial charge in [0.1, 0.15) is 4.90 Å². The van der Waals surface area contributed by atoms with Crippen LogP contribution in [0.15, 0.2) is 29.2 Å². The molecule has 1 unspecified atom stereocenters. The Morgan fingerprint density at radius 3 is 2.50 bits per heavy atom. The van der Waals surface area contributed by atoms with Gasteiger partial charge in [-0.1, -0.05) is 12.1 Å². The summed E-state index contributed by atoms with van der Waals surface area (Å²) >= 11 is 0. The van der Waals surface area contributed by atoms with Crippen LogP contribution in [-0.4, -0.2) is 37.5 Å². The molecular formula is C10H16N2O3S. The lowest BCUT2D eigenvalue weighted by molar-refractivity contribution is 0.214. The highest BCUT2D eigenvalue weighted by Gasteiger charge is 2.26. The van der Waals surface area contributed by atoms with Gasteiger partial charge in [0, 0.05) is 13.1 Å². The number of aliphatic hydroxyl groups is 1. The number of rotatable bonds is 4. The molecule has 0 spiro atoms. The minimum atomic E-state index is -3.63. The summed E-state index contributed by atoms with van der Waals surface area (Å²) in [4.78, 5) is 0.0674. The molecule has 0 heterocycles. The third kappa shape index (κ3) is 2.34. The summed E-state index contributed by atoms with van der Waals surface area (Å²) in [6.45, 7) is 1.39. The molecule has 16 heavy (non-hydrogen) atoms. The van der Waals surface area contributed by atoms with E-state index < -0.39 is 16.1 Å². The Hall–Kier alpha value is -1.11. The summed E-state index contributed by atoms with van der Waals surface area (Å²) in [5.41, 5.74) is 5.83. The summed E-state index contributed by atoms with van der Waals surface area (Å²) in [5.74, 6) is 0. The van der Waals surface area contributed by atoms with Crippen LogP contribution in [0, 0.1) is 0 Å². The molecule has 0 fully saturated rings. The van der Waals surface area contributed by atoms with Gasteiger partial charge < -0.3 is 10.8 Å². The number of para-hydroxylation sites is 1. The fourth-order valence-corrected chi connectivity index (χ4v) is 2.69. The molecule has 0 aliphatic carbocycles. The van der Waals surface area contributed by atoms with Crippen molar-refractivity contribution in [3.63, 3.8) is 0 Å². The third-order valence-corrected chi connectivity index (χ3v) is 4.51. The summed E-state index contributed by atoms with van der Waals surface area (Å²) in [6, 6.07) is 5.78. The van der Waals surface area contributed by atoms with Gasteiger partial charge in [-0.05, 0) is 19.1 Å². The van der Waals surface area contributed by atoms with Crippen molar-refractivity contribution >= 4 is 15.7 Å². The van der Waals surface area contributed by atoms with Crippen molar-refractivity contribution in [2.75, 3.05) is 19.4 Å². The van der Waals surface area contributed by atoms with E-state index in [1.54, 1.807) is 19.1 Å². The standard InChI is InChI=1S/C10H16N2O3S/c1-8(7-13)12(2)16(14,15)10-6-4-3-5-9(10)11/h3-6,8,13H,7,11H2,1-2H3. The van der Waals surface area contributed by atoms with Gasteiger partial charge >= 0.3 is 0 Å². The van der Waals surface area contributed by atoms with Gasteiger partial charge in [0.15, 0.2) is 0 Å². The topological polar surface area (TPSA) is 83.6 Å². The van der Waals surface area contributed by atoms with Gasteiger partial charge in [0.2, 0.25) is 10.0 Å². The molecule has 0 amide bonds. The highest BCUT2D eigenvalue weighted by molar-refractivity contribution is 7.89. The van der Waals surface area contributed by atoms with E-state index in [0.29, 0.717) is 0 Å². The monoisotopic (exact) mass is 244 g/mol. The average Bonchev–Trinajstić information content (AvgIpc) is 2.27. The van der Waals surface area contributed by atoms with Crippen LogP contribution in [0.4, 0.5) is 5.69 Å². The van der Waals surface area contributed by atoms with E-state index in [1.165, 1.54) is 19.2 Å². The molecule has 0 radical (unpaired) electrons. The van der Waals surface area contributed by atoms with Crippen molar-refractivity contribution in [1.82, 2.24) is 4.31 Å². The molecule has 1 aromatic carbocycles. The lowest BCUT2D eigenvalue weighted by atomic mass is 10.3. The SMILES string of the molecule is CC(CO)N(C)S(=O)(=O)c1ccccc1N. The molecule has 1 atom stereocenters. The average molecular weight is 244 g/mol. The zero-order valence-corrected chi connectivity index (χ0v) is 10.1. The van der Waals surface area contributed by atoms with Crippen LogP contribution in [0.5, 0.6) is 0 Å². The number of nitrogen functional groups attached to an aromatic ring is 1. The van der Waals surface area contributed by atoms with Crippen LogP contribution in [-0.2, 0) is 10.0 Å². The Morgan fingerprint density at radius 2 is 2.00 bits per heavy atom. The summed E-state index contributed by atoms with van der Waals surface area (Å²) in [7, 11) is -2.21. The number of benzene rings is 1. The van der Waals surface area contributed by atoms with E-state index in [4.69, 9.17) is 10.8 Å². The first kappa shape index (κ1) is 13.0. The van der Waals surface area contributed by atoms with Gasteiger partial charge in [-0.15, -0.1) is 0 Å². The molecule has 90 valence electrons. The zero-order valence-electron chi connectivity index (χ0n) is 9.29. The van der Waals surface area contributed by atoms with Crippen LogP contribution in [0.25, 0.3) is 0 Å². The lowest BCUT2D eigenvalue weighted by Crippen LogP contribution is -2.37. The molecule has 1 aromatic rings. The maximum absolute atomic E-state index is 12.1. The Morgan fingerprint density at radius 1 is 1.44 bits per heavy atom. The quantitative estimate of drug-likeness (QED) is 0.745. The summed E-state index contributed by atoms with van der Waals surface area (Å²) in [5, 5.41) is 8.95.